The number of benzene rings is 1. The topological polar surface area (TPSA) is 20.3 Å². The van der Waals surface area contributed by atoms with Gasteiger partial charge in [-0.3, -0.25) is 4.79 Å². The van der Waals surface area contributed by atoms with E-state index in [1.165, 1.54) is 0 Å². The molecule has 1 aliphatic rings. The molecule has 0 aliphatic carbocycles. The van der Waals surface area contributed by atoms with Crippen molar-refractivity contribution in [1.82, 2.24) is 4.90 Å². The zero-order valence-corrected chi connectivity index (χ0v) is 11.6. The lowest BCUT2D eigenvalue weighted by molar-refractivity contribution is 0.0685. The summed E-state index contributed by atoms with van der Waals surface area (Å²) in [4.78, 5) is 14.1. The van der Waals surface area contributed by atoms with Crippen molar-refractivity contribution in [2.75, 3.05) is 13.1 Å². The maximum Gasteiger partial charge on any atom is 0.256 e. The zero-order valence-electron chi connectivity index (χ0n) is 10.00. The Kier molecular flexibility index (Phi) is 4.00. The highest BCUT2D eigenvalue weighted by atomic mass is 79.9. The van der Waals surface area contributed by atoms with Gasteiger partial charge >= 0.3 is 0 Å². The minimum absolute atomic E-state index is 0.185. The summed E-state index contributed by atoms with van der Waals surface area (Å²) >= 11 is 3.54. The molecule has 0 spiro atoms. The van der Waals surface area contributed by atoms with Gasteiger partial charge in [-0.25, -0.2) is 8.78 Å². The fourth-order valence-corrected chi connectivity index (χ4v) is 2.51. The number of amides is 1. The van der Waals surface area contributed by atoms with E-state index in [0.29, 0.717) is 23.8 Å². The largest absolute Gasteiger partial charge is 0.338 e. The number of hydrogen-bond donors (Lipinski definition) is 0. The molecule has 2 nitrogen and oxygen atoms in total. The van der Waals surface area contributed by atoms with Crippen LogP contribution in [0.1, 0.15) is 23.7 Å². The third-order valence-corrected chi connectivity index (χ3v) is 4.61. The van der Waals surface area contributed by atoms with Gasteiger partial charge in [0.1, 0.15) is 11.6 Å². The first-order valence-corrected chi connectivity index (χ1v) is 6.79. The first kappa shape index (κ1) is 13.5. The van der Waals surface area contributed by atoms with Crippen LogP contribution in [0.15, 0.2) is 18.2 Å². The van der Waals surface area contributed by atoms with Crippen LogP contribution in [0.25, 0.3) is 0 Å². The molecule has 1 aromatic rings. The van der Waals surface area contributed by atoms with E-state index < -0.39 is 17.5 Å². The van der Waals surface area contributed by atoms with Crippen molar-refractivity contribution in [3.05, 3.63) is 35.4 Å². The molecule has 2 unspecified atom stereocenters. The third-order valence-electron chi connectivity index (χ3n) is 3.25. The molecule has 0 N–H and O–H groups in total. The number of carbonyl (C=O) groups is 1. The summed E-state index contributed by atoms with van der Waals surface area (Å²) in [5.41, 5.74) is -0.185. The van der Waals surface area contributed by atoms with Gasteiger partial charge in [-0.05, 0) is 30.5 Å². The Morgan fingerprint density at radius 1 is 1.44 bits per heavy atom. The number of rotatable bonds is 1. The van der Waals surface area contributed by atoms with Crippen molar-refractivity contribution in [1.29, 1.82) is 0 Å². The SMILES string of the molecule is CC1CN(C(=O)c2cc(F)ccc2F)CCC1Br. The molecule has 1 heterocycles. The maximum atomic E-state index is 13.5. The molecule has 1 aliphatic heterocycles. The molecule has 1 aromatic carbocycles. The molecular weight excluding hydrogens is 304 g/mol. The molecule has 0 bridgehead atoms. The van der Waals surface area contributed by atoms with Crippen LogP contribution in [0, 0.1) is 17.6 Å². The standard InChI is InChI=1S/C13H14BrF2NO/c1-8-7-17(5-4-11(8)14)13(18)10-6-9(15)2-3-12(10)16/h2-3,6,8,11H,4-5,7H2,1H3. The van der Waals surface area contributed by atoms with E-state index in [4.69, 9.17) is 0 Å². The maximum absolute atomic E-state index is 13.5. The highest BCUT2D eigenvalue weighted by Gasteiger charge is 2.28. The van der Waals surface area contributed by atoms with Crippen LogP contribution in [0.4, 0.5) is 8.78 Å². The monoisotopic (exact) mass is 317 g/mol. The minimum atomic E-state index is -0.671. The second-order valence-corrected chi connectivity index (χ2v) is 5.83. The number of halogens is 3. The lowest BCUT2D eigenvalue weighted by atomic mass is 9.99. The molecule has 0 radical (unpaired) electrons. The van der Waals surface area contributed by atoms with Crippen LogP contribution in [-0.2, 0) is 0 Å². The van der Waals surface area contributed by atoms with E-state index in [1.54, 1.807) is 4.90 Å². The summed E-state index contributed by atoms with van der Waals surface area (Å²) in [6.45, 7) is 3.15. The summed E-state index contributed by atoms with van der Waals surface area (Å²) in [6, 6.07) is 2.96. The van der Waals surface area contributed by atoms with E-state index in [1.807, 2.05) is 6.92 Å². The van der Waals surface area contributed by atoms with Crippen LogP contribution in [-0.4, -0.2) is 28.7 Å². The Morgan fingerprint density at radius 2 is 2.17 bits per heavy atom. The summed E-state index contributed by atoms with van der Waals surface area (Å²) in [5.74, 6) is -1.39. The summed E-state index contributed by atoms with van der Waals surface area (Å²) in [6.07, 6.45) is 0.823. The highest BCUT2D eigenvalue weighted by Crippen LogP contribution is 2.25. The number of piperidine rings is 1. The molecule has 1 amide bonds. The Morgan fingerprint density at radius 3 is 2.83 bits per heavy atom. The van der Waals surface area contributed by atoms with Crippen molar-refractivity contribution < 1.29 is 13.6 Å². The van der Waals surface area contributed by atoms with Gasteiger partial charge in [-0.2, -0.15) is 0 Å². The van der Waals surface area contributed by atoms with Crippen LogP contribution in [0.3, 0.4) is 0 Å². The molecule has 1 saturated heterocycles. The van der Waals surface area contributed by atoms with Gasteiger partial charge in [0.2, 0.25) is 0 Å². The van der Waals surface area contributed by atoms with Gasteiger partial charge in [0.05, 0.1) is 5.56 Å². The summed E-state index contributed by atoms with van der Waals surface area (Å²) in [5, 5.41) is 0. The molecule has 0 saturated carbocycles. The smallest absolute Gasteiger partial charge is 0.256 e. The Labute approximate surface area is 113 Å². The third kappa shape index (κ3) is 2.71. The van der Waals surface area contributed by atoms with Crippen LogP contribution < -0.4 is 0 Å². The van der Waals surface area contributed by atoms with Crippen molar-refractivity contribution in [3.63, 3.8) is 0 Å². The molecule has 2 atom stereocenters. The van der Waals surface area contributed by atoms with Crippen molar-refractivity contribution in [2.24, 2.45) is 5.92 Å². The first-order valence-electron chi connectivity index (χ1n) is 5.87. The van der Waals surface area contributed by atoms with E-state index in [-0.39, 0.29) is 5.56 Å². The van der Waals surface area contributed by atoms with Gasteiger partial charge in [0.15, 0.2) is 0 Å². The lowest BCUT2D eigenvalue weighted by Crippen LogP contribution is -2.43. The van der Waals surface area contributed by atoms with E-state index >= 15 is 0 Å². The van der Waals surface area contributed by atoms with Gasteiger partial charge in [0, 0.05) is 17.9 Å². The Hall–Kier alpha value is -0.970. The zero-order chi connectivity index (χ0) is 13.3. The van der Waals surface area contributed by atoms with Crippen molar-refractivity contribution in [3.8, 4) is 0 Å². The second-order valence-electron chi connectivity index (χ2n) is 4.66. The predicted octanol–water partition coefficient (Wildman–Crippen LogP) is 3.21. The van der Waals surface area contributed by atoms with Crippen molar-refractivity contribution >= 4 is 21.8 Å². The average molecular weight is 318 g/mol. The van der Waals surface area contributed by atoms with Gasteiger partial charge < -0.3 is 4.90 Å². The van der Waals surface area contributed by atoms with E-state index in [2.05, 4.69) is 15.9 Å². The number of carbonyl (C=O) groups excluding carboxylic acids is 1. The summed E-state index contributed by atoms with van der Waals surface area (Å²) in [7, 11) is 0. The number of hydrogen-bond acceptors (Lipinski definition) is 1. The van der Waals surface area contributed by atoms with Crippen LogP contribution in [0.2, 0.25) is 0 Å². The fraction of sp³-hybridized carbons (Fsp3) is 0.462. The first-order chi connectivity index (χ1) is 8.49. The second kappa shape index (κ2) is 5.34. The molecule has 18 heavy (non-hydrogen) atoms. The van der Waals surface area contributed by atoms with E-state index in [0.717, 1.165) is 24.6 Å². The number of alkyl halides is 1. The van der Waals surface area contributed by atoms with Gasteiger partial charge in [0.25, 0.3) is 5.91 Å². The number of likely N-dealkylation sites (tertiary alicyclic amines) is 1. The Bertz CT molecular complexity index is 466. The molecule has 98 valence electrons. The van der Waals surface area contributed by atoms with Crippen LogP contribution >= 0.6 is 15.9 Å². The fourth-order valence-electron chi connectivity index (χ4n) is 2.13. The predicted molar refractivity (Wildman–Crippen MR) is 68.8 cm³/mol. The van der Waals surface area contributed by atoms with Gasteiger partial charge in [-0.15, -0.1) is 0 Å². The number of nitrogens with zero attached hydrogens (tertiary/aromatic N) is 1. The quantitative estimate of drug-likeness (QED) is 0.728. The molecule has 1 fully saturated rings. The van der Waals surface area contributed by atoms with Crippen molar-refractivity contribution in [2.45, 2.75) is 18.2 Å². The molecule has 0 aromatic heterocycles. The minimum Gasteiger partial charge on any atom is -0.338 e. The molecular formula is C13H14BrF2NO. The summed E-state index contributed by atoms with van der Waals surface area (Å²) < 4.78 is 26.6. The molecule has 5 heteroatoms. The Balaban J connectivity index is 2.19. The van der Waals surface area contributed by atoms with Gasteiger partial charge in [-0.1, -0.05) is 22.9 Å². The average Bonchev–Trinajstić information content (AvgIpc) is 2.35. The van der Waals surface area contributed by atoms with Crippen LogP contribution in [0.5, 0.6) is 0 Å². The highest BCUT2D eigenvalue weighted by molar-refractivity contribution is 9.09. The normalized spacial score (nSPS) is 24.1. The molecule has 2 rings (SSSR count). The van der Waals surface area contributed by atoms with E-state index in [9.17, 15) is 13.6 Å². The lowest BCUT2D eigenvalue weighted by Gasteiger charge is -2.34.